The quantitative estimate of drug-likeness (QED) is 0.850. The highest BCUT2D eigenvalue weighted by Gasteiger charge is 2.19. The van der Waals surface area contributed by atoms with Gasteiger partial charge in [0.2, 0.25) is 5.91 Å². The second-order valence-electron chi connectivity index (χ2n) is 6.40. The summed E-state index contributed by atoms with van der Waals surface area (Å²) < 4.78 is 5.19. The highest BCUT2D eigenvalue weighted by atomic mass is 16.5. The SMILES string of the molecule is COc1ccc(-c2n[nH]c(CC(C)C)c2NC(=O)C(C)C)cc1. The predicted molar refractivity (Wildman–Crippen MR) is 92.6 cm³/mol. The molecule has 1 aromatic carbocycles. The highest BCUT2D eigenvalue weighted by molar-refractivity contribution is 5.96. The van der Waals surface area contributed by atoms with Gasteiger partial charge in [0.05, 0.1) is 18.5 Å². The number of carbonyl (C=O) groups excluding carboxylic acids is 1. The smallest absolute Gasteiger partial charge is 0.227 e. The third kappa shape index (κ3) is 4.12. The van der Waals surface area contributed by atoms with Crippen LogP contribution < -0.4 is 10.1 Å². The van der Waals surface area contributed by atoms with E-state index in [1.165, 1.54) is 0 Å². The fraction of sp³-hybridized carbons (Fsp3) is 0.444. The van der Waals surface area contributed by atoms with Crippen LogP contribution in [0.1, 0.15) is 33.4 Å². The molecule has 0 saturated carbocycles. The molecule has 1 heterocycles. The Bertz CT molecular complexity index is 657. The Kier molecular flexibility index (Phi) is 5.42. The van der Waals surface area contributed by atoms with E-state index >= 15 is 0 Å². The molecular formula is C18H25N3O2. The summed E-state index contributed by atoms with van der Waals surface area (Å²) in [5.41, 5.74) is 3.44. The molecule has 23 heavy (non-hydrogen) atoms. The van der Waals surface area contributed by atoms with Crippen LogP contribution in [0, 0.1) is 11.8 Å². The van der Waals surface area contributed by atoms with Crippen molar-refractivity contribution in [1.82, 2.24) is 10.2 Å². The van der Waals surface area contributed by atoms with Gasteiger partial charge in [-0.1, -0.05) is 27.7 Å². The fourth-order valence-electron chi connectivity index (χ4n) is 2.29. The van der Waals surface area contributed by atoms with E-state index in [1.54, 1.807) is 7.11 Å². The maximum Gasteiger partial charge on any atom is 0.227 e. The van der Waals surface area contributed by atoms with Crippen molar-refractivity contribution in [3.63, 3.8) is 0 Å². The first kappa shape index (κ1) is 17.1. The van der Waals surface area contributed by atoms with Gasteiger partial charge in [0, 0.05) is 11.5 Å². The average molecular weight is 315 g/mol. The number of ether oxygens (including phenoxy) is 1. The van der Waals surface area contributed by atoms with Crippen LogP contribution in [-0.4, -0.2) is 23.2 Å². The van der Waals surface area contributed by atoms with Gasteiger partial charge in [-0.25, -0.2) is 0 Å². The molecule has 1 amide bonds. The van der Waals surface area contributed by atoms with Gasteiger partial charge in [-0.15, -0.1) is 0 Å². The summed E-state index contributed by atoms with van der Waals surface area (Å²) in [7, 11) is 1.64. The molecule has 0 radical (unpaired) electrons. The lowest BCUT2D eigenvalue weighted by Crippen LogP contribution is -2.19. The van der Waals surface area contributed by atoms with Crippen molar-refractivity contribution < 1.29 is 9.53 Å². The third-order valence-electron chi connectivity index (χ3n) is 3.59. The van der Waals surface area contributed by atoms with E-state index in [-0.39, 0.29) is 11.8 Å². The average Bonchev–Trinajstić information content (AvgIpc) is 2.89. The Labute approximate surface area is 137 Å². The summed E-state index contributed by atoms with van der Waals surface area (Å²) in [4.78, 5) is 12.2. The molecule has 0 unspecified atom stereocenters. The van der Waals surface area contributed by atoms with E-state index in [4.69, 9.17) is 4.74 Å². The molecule has 0 aliphatic rings. The molecule has 0 spiro atoms. The molecule has 2 N–H and O–H groups in total. The lowest BCUT2D eigenvalue weighted by Gasteiger charge is -2.11. The van der Waals surface area contributed by atoms with Crippen LogP contribution in [0.4, 0.5) is 5.69 Å². The van der Waals surface area contributed by atoms with Gasteiger partial charge >= 0.3 is 0 Å². The minimum atomic E-state index is -0.0829. The summed E-state index contributed by atoms with van der Waals surface area (Å²) in [5.74, 6) is 1.17. The fourth-order valence-corrected chi connectivity index (χ4v) is 2.29. The molecule has 0 fully saturated rings. The van der Waals surface area contributed by atoms with Crippen LogP contribution in [0.25, 0.3) is 11.3 Å². The molecule has 0 aliphatic heterocycles. The van der Waals surface area contributed by atoms with Crippen LogP contribution in [0.15, 0.2) is 24.3 Å². The second-order valence-corrected chi connectivity index (χ2v) is 6.40. The lowest BCUT2D eigenvalue weighted by molar-refractivity contribution is -0.118. The molecule has 0 aliphatic carbocycles. The molecule has 1 aromatic heterocycles. The lowest BCUT2D eigenvalue weighted by atomic mass is 10.0. The van der Waals surface area contributed by atoms with Gasteiger partial charge in [-0.05, 0) is 36.6 Å². The Morgan fingerprint density at radius 2 is 1.87 bits per heavy atom. The standard InChI is InChI=1S/C18H25N3O2/c1-11(2)10-15-17(19-18(22)12(3)4)16(21-20-15)13-6-8-14(23-5)9-7-13/h6-9,11-12H,10H2,1-5H3,(H,19,22)(H,20,21). The first-order valence-electron chi connectivity index (χ1n) is 7.94. The molecular weight excluding hydrogens is 290 g/mol. The zero-order chi connectivity index (χ0) is 17.0. The van der Waals surface area contributed by atoms with E-state index in [1.807, 2.05) is 38.1 Å². The summed E-state index contributed by atoms with van der Waals surface area (Å²) in [6.45, 7) is 8.04. The van der Waals surface area contributed by atoms with Gasteiger partial charge in [-0.2, -0.15) is 5.10 Å². The van der Waals surface area contributed by atoms with Crippen LogP contribution in [-0.2, 0) is 11.2 Å². The maximum absolute atomic E-state index is 12.2. The molecule has 0 bridgehead atoms. The van der Waals surface area contributed by atoms with E-state index in [9.17, 15) is 4.79 Å². The Morgan fingerprint density at radius 3 is 2.39 bits per heavy atom. The van der Waals surface area contributed by atoms with Gasteiger partial charge in [0.15, 0.2) is 0 Å². The number of nitrogens with zero attached hydrogens (tertiary/aromatic N) is 1. The number of rotatable bonds is 6. The van der Waals surface area contributed by atoms with Crippen LogP contribution in [0.2, 0.25) is 0 Å². The maximum atomic E-state index is 12.2. The molecule has 2 aromatic rings. The van der Waals surface area contributed by atoms with Crippen molar-refractivity contribution in [3.8, 4) is 17.0 Å². The van der Waals surface area contributed by atoms with Crippen LogP contribution in [0.3, 0.4) is 0 Å². The van der Waals surface area contributed by atoms with E-state index < -0.39 is 0 Å². The van der Waals surface area contributed by atoms with Gasteiger partial charge < -0.3 is 10.1 Å². The van der Waals surface area contributed by atoms with Crippen molar-refractivity contribution in [2.75, 3.05) is 12.4 Å². The second kappa shape index (κ2) is 7.31. The largest absolute Gasteiger partial charge is 0.497 e. The number of aromatic amines is 1. The number of hydrogen-bond donors (Lipinski definition) is 2. The molecule has 5 nitrogen and oxygen atoms in total. The summed E-state index contributed by atoms with van der Waals surface area (Å²) in [6, 6.07) is 7.67. The molecule has 5 heteroatoms. The van der Waals surface area contributed by atoms with E-state index in [0.29, 0.717) is 5.92 Å². The minimum absolute atomic E-state index is 0.00818. The Hall–Kier alpha value is -2.30. The number of carbonyl (C=O) groups is 1. The first-order chi connectivity index (χ1) is 10.9. The summed E-state index contributed by atoms with van der Waals surface area (Å²) in [6.07, 6.45) is 0.830. The van der Waals surface area contributed by atoms with Crippen molar-refractivity contribution in [2.45, 2.75) is 34.1 Å². The number of H-pyrrole nitrogens is 1. The zero-order valence-electron chi connectivity index (χ0n) is 14.4. The van der Waals surface area contributed by atoms with Crippen molar-refractivity contribution in [1.29, 1.82) is 0 Å². The number of nitrogens with one attached hydrogen (secondary N) is 2. The number of aromatic nitrogens is 2. The van der Waals surface area contributed by atoms with Gasteiger partial charge in [-0.3, -0.25) is 9.89 Å². The van der Waals surface area contributed by atoms with E-state index in [0.717, 1.165) is 34.8 Å². The zero-order valence-corrected chi connectivity index (χ0v) is 14.4. The number of hydrogen-bond acceptors (Lipinski definition) is 3. The number of methoxy groups -OCH3 is 1. The topological polar surface area (TPSA) is 67.0 Å². The first-order valence-corrected chi connectivity index (χ1v) is 7.94. The van der Waals surface area contributed by atoms with Crippen molar-refractivity contribution in [2.24, 2.45) is 11.8 Å². The predicted octanol–water partition coefficient (Wildman–Crippen LogP) is 3.88. The molecule has 2 rings (SSSR count). The molecule has 0 atom stereocenters. The third-order valence-corrected chi connectivity index (χ3v) is 3.59. The number of amides is 1. The summed E-state index contributed by atoms with van der Waals surface area (Å²) in [5, 5.41) is 10.5. The van der Waals surface area contributed by atoms with Crippen molar-refractivity contribution >= 4 is 11.6 Å². The molecule has 124 valence electrons. The van der Waals surface area contributed by atoms with Crippen LogP contribution in [0.5, 0.6) is 5.75 Å². The van der Waals surface area contributed by atoms with Gasteiger partial charge in [0.1, 0.15) is 11.4 Å². The number of benzene rings is 1. The van der Waals surface area contributed by atoms with Crippen LogP contribution >= 0.6 is 0 Å². The monoisotopic (exact) mass is 315 g/mol. The Morgan fingerprint density at radius 1 is 1.22 bits per heavy atom. The van der Waals surface area contributed by atoms with Crippen molar-refractivity contribution in [3.05, 3.63) is 30.0 Å². The Balaban J connectivity index is 2.40. The minimum Gasteiger partial charge on any atom is -0.497 e. The number of anilines is 1. The molecule has 0 saturated heterocycles. The van der Waals surface area contributed by atoms with E-state index in [2.05, 4.69) is 29.4 Å². The normalized spacial score (nSPS) is 11.1. The van der Waals surface area contributed by atoms with Gasteiger partial charge in [0.25, 0.3) is 0 Å². The summed E-state index contributed by atoms with van der Waals surface area (Å²) >= 11 is 0. The highest BCUT2D eigenvalue weighted by Crippen LogP contribution is 2.31.